The Labute approximate surface area is 132 Å². The molecular weight excluding hydrogens is 278 g/mol. The van der Waals surface area contributed by atoms with E-state index in [2.05, 4.69) is 13.8 Å². The Kier molecular flexibility index (Phi) is 5.58. The third kappa shape index (κ3) is 3.87. The molecule has 0 radical (unpaired) electrons. The molecule has 2 rings (SSSR count). The summed E-state index contributed by atoms with van der Waals surface area (Å²) in [5.41, 5.74) is 1.02. The van der Waals surface area contributed by atoms with Gasteiger partial charge in [0.1, 0.15) is 0 Å². The molecule has 22 heavy (non-hydrogen) atoms. The first kappa shape index (κ1) is 16.5. The van der Waals surface area contributed by atoms with Gasteiger partial charge in [-0.2, -0.15) is 0 Å². The minimum Gasteiger partial charge on any atom is -0.478 e. The van der Waals surface area contributed by atoms with Crippen molar-refractivity contribution in [3.05, 3.63) is 35.4 Å². The number of carboxylic acids is 1. The second-order valence-corrected chi connectivity index (χ2v) is 6.24. The number of hydrogen-bond acceptors (Lipinski definition) is 2. The molecule has 4 nitrogen and oxygen atoms in total. The van der Waals surface area contributed by atoms with Gasteiger partial charge in [0.15, 0.2) is 0 Å². The molecule has 1 aliphatic heterocycles. The Morgan fingerprint density at radius 1 is 1.41 bits per heavy atom. The van der Waals surface area contributed by atoms with Gasteiger partial charge in [0.25, 0.3) is 0 Å². The molecule has 4 heteroatoms. The van der Waals surface area contributed by atoms with Crippen LogP contribution in [0, 0.1) is 5.92 Å². The van der Waals surface area contributed by atoms with E-state index in [9.17, 15) is 9.59 Å². The molecule has 0 aliphatic carbocycles. The maximum Gasteiger partial charge on any atom is 0.335 e. The van der Waals surface area contributed by atoms with Crippen LogP contribution in [0.1, 0.15) is 55.5 Å². The Balaban J connectivity index is 2.05. The number of carboxylic acid groups (broad SMARTS) is 1. The summed E-state index contributed by atoms with van der Waals surface area (Å²) < 4.78 is 0. The Bertz CT molecular complexity index is 541. The largest absolute Gasteiger partial charge is 0.478 e. The van der Waals surface area contributed by atoms with E-state index in [1.807, 2.05) is 11.0 Å². The molecule has 1 N–H and O–H groups in total. The molecule has 120 valence electrons. The summed E-state index contributed by atoms with van der Waals surface area (Å²) in [5, 5.41) is 9.03. The number of likely N-dealkylation sites (tertiary alicyclic amines) is 1. The smallest absolute Gasteiger partial charge is 0.335 e. The number of nitrogens with zero attached hydrogens (tertiary/aromatic N) is 1. The first-order valence-electron chi connectivity index (χ1n) is 8.14. The lowest BCUT2D eigenvalue weighted by atomic mass is 9.94. The third-order valence-corrected chi connectivity index (χ3v) is 4.55. The molecular formula is C18H25NO3. The van der Waals surface area contributed by atoms with E-state index in [-0.39, 0.29) is 17.9 Å². The fourth-order valence-electron chi connectivity index (χ4n) is 3.43. The van der Waals surface area contributed by atoms with Crippen LogP contribution in [0.2, 0.25) is 0 Å². The average molecular weight is 303 g/mol. The number of aromatic carboxylic acids is 1. The molecule has 0 spiro atoms. The number of carbonyl (C=O) groups is 2. The van der Waals surface area contributed by atoms with Crippen molar-refractivity contribution in [1.29, 1.82) is 0 Å². The lowest BCUT2D eigenvalue weighted by Crippen LogP contribution is -2.40. The fourth-order valence-corrected chi connectivity index (χ4v) is 3.43. The van der Waals surface area contributed by atoms with Crippen molar-refractivity contribution in [2.75, 3.05) is 6.54 Å². The first-order chi connectivity index (χ1) is 10.5. The van der Waals surface area contributed by atoms with Crippen molar-refractivity contribution in [1.82, 2.24) is 4.90 Å². The number of amides is 1. The van der Waals surface area contributed by atoms with Crippen LogP contribution in [0.25, 0.3) is 0 Å². The highest BCUT2D eigenvalue weighted by molar-refractivity contribution is 5.88. The van der Waals surface area contributed by atoms with E-state index in [4.69, 9.17) is 5.11 Å². The second-order valence-electron chi connectivity index (χ2n) is 6.24. The van der Waals surface area contributed by atoms with Crippen LogP contribution >= 0.6 is 0 Å². The SMILES string of the molecule is CCCC(C)C1CCCN1C(=O)Cc1cccc(C(=O)O)c1. The number of rotatable bonds is 6. The standard InChI is InChI=1S/C18H25NO3/c1-3-6-13(2)16-9-5-10-19(16)17(20)12-14-7-4-8-15(11-14)18(21)22/h4,7-8,11,13,16H,3,5-6,9-10,12H2,1-2H3,(H,21,22). The number of hydrogen-bond donors (Lipinski definition) is 1. The molecule has 1 aromatic carbocycles. The summed E-state index contributed by atoms with van der Waals surface area (Å²) in [6.07, 6.45) is 4.72. The molecule has 2 unspecified atom stereocenters. The predicted molar refractivity (Wildman–Crippen MR) is 85.9 cm³/mol. The highest BCUT2D eigenvalue weighted by Crippen LogP contribution is 2.27. The summed E-state index contributed by atoms with van der Waals surface area (Å²) in [7, 11) is 0. The molecule has 1 heterocycles. The quantitative estimate of drug-likeness (QED) is 0.876. The minimum atomic E-state index is -0.954. The average Bonchev–Trinajstić information content (AvgIpc) is 2.97. The van der Waals surface area contributed by atoms with Gasteiger partial charge in [0.05, 0.1) is 12.0 Å². The van der Waals surface area contributed by atoms with E-state index >= 15 is 0 Å². The summed E-state index contributed by atoms with van der Waals surface area (Å²) >= 11 is 0. The van der Waals surface area contributed by atoms with Gasteiger partial charge in [-0.25, -0.2) is 4.79 Å². The zero-order valence-corrected chi connectivity index (χ0v) is 13.4. The maximum absolute atomic E-state index is 12.6. The van der Waals surface area contributed by atoms with Crippen LogP contribution in [0.4, 0.5) is 0 Å². The molecule has 2 atom stereocenters. The number of benzene rings is 1. The normalized spacial score (nSPS) is 19.2. The summed E-state index contributed by atoms with van der Waals surface area (Å²) in [4.78, 5) is 25.6. The number of carbonyl (C=O) groups excluding carboxylic acids is 1. The van der Waals surface area contributed by atoms with E-state index in [1.165, 1.54) is 0 Å². The summed E-state index contributed by atoms with van der Waals surface area (Å²) in [6, 6.07) is 7.02. The van der Waals surface area contributed by atoms with Gasteiger partial charge in [0.2, 0.25) is 5.91 Å². The molecule has 1 aromatic rings. The topological polar surface area (TPSA) is 57.6 Å². The highest BCUT2D eigenvalue weighted by Gasteiger charge is 2.31. The van der Waals surface area contributed by atoms with E-state index in [0.717, 1.165) is 37.8 Å². The van der Waals surface area contributed by atoms with Gasteiger partial charge < -0.3 is 10.0 Å². The second kappa shape index (κ2) is 7.43. The first-order valence-corrected chi connectivity index (χ1v) is 8.14. The molecule has 0 aromatic heterocycles. The highest BCUT2D eigenvalue weighted by atomic mass is 16.4. The van der Waals surface area contributed by atoms with Gasteiger partial charge in [0, 0.05) is 12.6 Å². The van der Waals surface area contributed by atoms with Crippen LogP contribution in [0.5, 0.6) is 0 Å². The van der Waals surface area contributed by atoms with Crippen LogP contribution in [-0.2, 0) is 11.2 Å². The zero-order valence-electron chi connectivity index (χ0n) is 13.4. The molecule has 1 amide bonds. The molecule has 0 saturated carbocycles. The van der Waals surface area contributed by atoms with Crippen molar-refractivity contribution in [3.8, 4) is 0 Å². The van der Waals surface area contributed by atoms with Gasteiger partial charge >= 0.3 is 5.97 Å². The van der Waals surface area contributed by atoms with Crippen LogP contribution in [-0.4, -0.2) is 34.5 Å². The van der Waals surface area contributed by atoms with Crippen molar-refractivity contribution in [2.24, 2.45) is 5.92 Å². The Morgan fingerprint density at radius 3 is 2.86 bits per heavy atom. The molecule has 1 saturated heterocycles. The van der Waals surface area contributed by atoms with Crippen LogP contribution in [0.3, 0.4) is 0 Å². The van der Waals surface area contributed by atoms with Crippen LogP contribution < -0.4 is 0 Å². The van der Waals surface area contributed by atoms with Gasteiger partial charge in [-0.15, -0.1) is 0 Å². The monoisotopic (exact) mass is 303 g/mol. The molecule has 0 bridgehead atoms. The van der Waals surface area contributed by atoms with Gasteiger partial charge in [-0.05, 0) is 42.9 Å². The Morgan fingerprint density at radius 2 is 2.18 bits per heavy atom. The maximum atomic E-state index is 12.6. The zero-order chi connectivity index (χ0) is 16.1. The van der Waals surface area contributed by atoms with Gasteiger partial charge in [-0.1, -0.05) is 32.4 Å². The summed E-state index contributed by atoms with van der Waals surface area (Å²) in [5.74, 6) is -0.306. The lowest BCUT2D eigenvalue weighted by Gasteiger charge is -2.29. The van der Waals surface area contributed by atoms with Crippen molar-refractivity contribution in [3.63, 3.8) is 0 Å². The fraction of sp³-hybridized carbons (Fsp3) is 0.556. The predicted octanol–water partition coefficient (Wildman–Crippen LogP) is 3.35. The minimum absolute atomic E-state index is 0.119. The molecule has 1 aliphatic rings. The van der Waals surface area contributed by atoms with E-state index in [0.29, 0.717) is 12.0 Å². The third-order valence-electron chi connectivity index (χ3n) is 4.55. The summed E-state index contributed by atoms with van der Waals surface area (Å²) in [6.45, 7) is 5.23. The lowest BCUT2D eigenvalue weighted by molar-refractivity contribution is -0.132. The molecule has 1 fully saturated rings. The van der Waals surface area contributed by atoms with Crippen molar-refractivity contribution >= 4 is 11.9 Å². The van der Waals surface area contributed by atoms with Crippen LogP contribution in [0.15, 0.2) is 24.3 Å². The van der Waals surface area contributed by atoms with Crippen molar-refractivity contribution < 1.29 is 14.7 Å². The van der Waals surface area contributed by atoms with Gasteiger partial charge in [-0.3, -0.25) is 4.79 Å². The van der Waals surface area contributed by atoms with E-state index in [1.54, 1.807) is 18.2 Å². The Hall–Kier alpha value is -1.84. The van der Waals surface area contributed by atoms with E-state index < -0.39 is 5.97 Å². The van der Waals surface area contributed by atoms with Crippen molar-refractivity contribution in [2.45, 2.75) is 52.0 Å².